The number of carbonyl (C=O) groups is 2. The van der Waals surface area contributed by atoms with Crippen molar-refractivity contribution in [2.75, 3.05) is 13.7 Å². The van der Waals surface area contributed by atoms with Crippen molar-refractivity contribution in [1.82, 2.24) is 4.90 Å². The molecule has 1 rings (SSSR count). The van der Waals surface area contributed by atoms with Gasteiger partial charge in [0.1, 0.15) is 6.04 Å². The first kappa shape index (κ1) is 9.38. The predicted octanol–water partition coefficient (Wildman–Crippen LogP) is 0.674. The van der Waals surface area contributed by atoms with Crippen LogP contribution in [-0.4, -0.2) is 35.8 Å². The summed E-state index contributed by atoms with van der Waals surface area (Å²) in [6.45, 7) is 0.599. The fraction of sp³-hybridized carbons (Fsp3) is 0.714. The minimum absolute atomic E-state index is 0.352. The molecule has 1 fully saturated rings. The van der Waals surface area contributed by atoms with E-state index >= 15 is 0 Å². The fourth-order valence-electron chi connectivity index (χ4n) is 1.38. The van der Waals surface area contributed by atoms with E-state index in [-0.39, 0.29) is 11.2 Å². The zero-order valence-corrected chi connectivity index (χ0v) is 7.71. The van der Waals surface area contributed by atoms with E-state index in [4.69, 9.17) is 0 Å². The van der Waals surface area contributed by atoms with Crippen molar-refractivity contribution in [3.05, 3.63) is 0 Å². The number of hydrogen-bond donors (Lipinski definition) is 1. The maximum atomic E-state index is 11.1. The maximum Gasteiger partial charge on any atom is 0.328 e. The first-order valence-corrected chi connectivity index (χ1v) is 4.19. The summed E-state index contributed by atoms with van der Waals surface area (Å²) in [5, 5.41) is -0.358. The van der Waals surface area contributed by atoms with Crippen molar-refractivity contribution in [3.8, 4) is 0 Å². The van der Waals surface area contributed by atoms with Gasteiger partial charge in [-0.15, -0.1) is 0 Å². The smallest absolute Gasteiger partial charge is 0.328 e. The number of esters is 1. The predicted molar refractivity (Wildman–Crippen MR) is 46.1 cm³/mol. The highest BCUT2D eigenvalue weighted by atomic mass is 32.1. The third kappa shape index (κ3) is 1.72. The molecule has 5 heteroatoms. The minimum Gasteiger partial charge on any atom is -0.467 e. The summed E-state index contributed by atoms with van der Waals surface area (Å²) in [7, 11) is 1.32. The molecule has 1 atom stereocenters. The Kier molecular flexibility index (Phi) is 2.97. The van der Waals surface area contributed by atoms with E-state index in [9.17, 15) is 9.59 Å². The summed E-state index contributed by atoms with van der Waals surface area (Å²) in [5.41, 5.74) is 0. The van der Waals surface area contributed by atoms with Crippen molar-refractivity contribution in [2.45, 2.75) is 18.9 Å². The number of ether oxygens (including phenoxy) is 1. The highest BCUT2D eigenvalue weighted by molar-refractivity contribution is 7.96. The lowest BCUT2D eigenvalue weighted by Crippen LogP contribution is -2.38. The molecule has 68 valence electrons. The van der Waals surface area contributed by atoms with Crippen LogP contribution in [0.1, 0.15) is 12.8 Å². The molecule has 1 unspecified atom stereocenters. The number of carbonyl (C=O) groups excluding carboxylic acids is 2. The second-order valence-corrected chi connectivity index (χ2v) is 3.04. The summed E-state index contributed by atoms with van der Waals surface area (Å²) >= 11 is 3.67. The number of thiol groups is 1. The summed E-state index contributed by atoms with van der Waals surface area (Å²) in [6.07, 6.45) is 1.52. The van der Waals surface area contributed by atoms with Gasteiger partial charge < -0.3 is 9.64 Å². The molecule has 0 aromatic rings. The molecule has 1 aliphatic rings. The second-order valence-electron chi connectivity index (χ2n) is 2.66. The molecule has 12 heavy (non-hydrogen) atoms. The monoisotopic (exact) mass is 189 g/mol. The molecule has 1 amide bonds. The van der Waals surface area contributed by atoms with E-state index in [0.717, 1.165) is 6.42 Å². The second kappa shape index (κ2) is 3.80. The van der Waals surface area contributed by atoms with Gasteiger partial charge in [-0.25, -0.2) is 4.79 Å². The average Bonchev–Trinajstić information content (AvgIpc) is 2.50. The molecule has 1 saturated heterocycles. The van der Waals surface area contributed by atoms with Crippen LogP contribution in [0.3, 0.4) is 0 Å². The zero-order valence-electron chi connectivity index (χ0n) is 6.82. The Hall–Kier alpha value is -0.710. The van der Waals surface area contributed by atoms with Gasteiger partial charge in [-0.3, -0.25) is 4.79 Å². The standard InChI is InChI=1S/C7H11NO3S/c1-11-6(9)5-3-2-4-8(5)7(10)12/h5H,2-4H2,1H3,(H,10,12). The molecule has 0 saturated carbocycles. The fourth-order valence-corrected chi connectivity index (χ4v) is 1.62. The van der Waals surface area contributed by atoms with Crippen LogP contribution in [0.5, 0.6) is 0 Å². The van der Waals surface area contributed by atoms with Crippen LogP contribution in [0.2, 0.25) is 0 Å². The van der Waals surface area contributed by atoms with E-state index in [1.165, 1.54) is 12.0 Å². The maximum absolute atomic E-state index is 11.1. The van der Waals surface area contributed by atoms with Crippen molar-refractivity contribution < 1.29 is 14.3 Å². The molecule has 0 radical (unpaired) electrons. The first-order chi connectivity index (χ1) is 5.66. The number of hydrogen-bond acceptors (Lipinski definition) is 3. The normalized spacial score (nSPS) is 22.5. The van der Waals surface area contributed by atoms with Crippen molar-refractivity contribution in [2.24, 2.45) is 0 Å². The quantitative estimate of drug-likeness (QED) is 0.487. The van der Waals surface area contributed by atoms with Gasteiger partial charge in [0.05, 0.1) is 7.11 Å². The molecule has 0 bridgehead atoms. The van der Waals surface area contributed by atoms with Gasteiger partial charge >= 0.3 is 5.97 Å². The molecule has 0 aromatic carbocycles. The zero-order chi connectivity index (χ0) is 9.14. The lowest BCUT2D eigenvalue weighted by molar-refractivity contribution is -0.144. The van der Waals surface area contributed by atoms with E-state index in [0.29, 0.717) is 13.0 Å². The number of methoxy groups -OCH3 is 1. The Bertz CT molecular complexity index is 207. The average molecular weight is 189 g/mol. The molecule has 0 spiro atoms. The van der Waals surface area contributed by atoms with Gasteiger partial charge in [-0.2, -0.15) is 0 Å². The molecule has 0 aromatic heterocycles. The molecule has 0 aliphatic carbocycles. The summed E-state index contributed by atoms with van der Waals surface area (Å²) in [4.78, 5) is 23.4. The van der Waals surface area contributed by atoms with E-state index in [1.807, 2.05) is 0 Å². The van der Waals surface area contributed by atoms with Crippen LogP contribution in [-0.2, 0) is 9.53 Å². The van der Waals surface area contributed by atoms with Crippen molar-refractivity contribution in [1.29, 1.82) is 0 Å². The lowest BCUT2D eigenvalue weighted by Gasteiger charge is -2.19. The summed E-state index contributed by atoms with van der Waals surface area (Å²) < 4.78 is 4.55. The van der Waals surface area contributed by atoms with E-state index < -0.39 is 6.04 Å². The van der Waals surface area contributed by atoms with Crippen LogP contribution >= 0.6 is 12.6 Å². The van der Waals surface area contributed by atoms with Crippen molar-refractivity contribution >= 4 is 23.8 Å². The largest absolute Gasteiger partial charge is 0.467 e. The molecule has 4 nitrogen and oxygen atoms in total. The van der Waals surface area contributed by atoms with Crippen LogP contribution in [0, 0.1) is 0 Å². The molecular weight excluding hydrogens is 178 g/mol. The summed E-state index contributed by atoms with van der Waals surface area (Å²) in [6, 6.07) is -0.417. The van der Waals surface area contributed by atoms with Gasteiger partial charge in [0.2, 0.25) is 0 Å². The number of rotatable bonds is 1. The Balaban J connectivity index is 2.63. The van der Waals surface area contributed by atoms with Crippen LogP contribution in [0.25, 0.3) is 0 Å². The molecule has 1 aliphatic heterocycles. The third-order valence-corrected chi connectivity index (χ3v) is 2.23. The topological polar surface area (TPSA) is 46.6 Å². The third-order valence-electron chi connectivity index (χ3n) is 1.97. The van der Waals surface area contributed by atoms with Gasteiger partial charge in [0.25, 0.3) is 5.24 Å². The number of likely N-dealkylation sites (tertiary alicyclic amines) is 1. The van der Waals surface area contributed by atoms with Gasteiger partial charge in [-0.1, -0.05) is 12.6 Å². The summed E-state index contributed by atoms with van der Waals surface area (Å²) in [5.74, 6) is -0.352. The van der Waals surface area contributed by atoms with Gasteiger partial charge in [0, 0.05) is 6.54 Å². The minimum atomic E-state index is -0.417. The van der Waals surface area contributed by atoms with Crippen molar-refractivity contribution in [3.63, 3.8) is 0 Å². The Morgan fingerprint density at radius 2 is 2.25 bits per heavy atom. The molecule has 0 N–H and O–H groups in total. The van der Waals surface area contributed by atoms with Crippen LogP contribution in [0.4, 0.5) is 4.79 Å². The van der Waals surface area contributed by atoms with Crippen LogP contribution in [0.15, 0.2) is 0 Å². The Morgan fingerprint density at radius 3 is 2.75 bits per heavy atom. The SMILES string of the molecule is COC(=O)C1CCCN1C(=O)S. The number of nitrogens with zero attached hydrogens (tertiary/aromatic N) is 1. The Labute approximate surface area is 76.3 Å². The number of amides is 1. The lowest BCUT2D eigenvalue weighted by atomic mass is 10.2. The van der Waals surface area contributed by atoms with E-state index in [1.54, 1.807) is 0 Å². The van der Waals surface area contributed by atoms with Gasteiger partial charge in [-0.05, 0) is 12.8 Å². The molecule has 1 heterocycles. The van der Waals surface area contributed by atoms with Gasteiger partial charge in [0.15, 0.2) is 0 Å². The first-order valence-electron chi connectivity index (χ1n) is 3.74. The van der Waals surface area contributed by atoms with Crippen LogP contribution < -0.4 is 0 Å². The Morgan fingerprint density at radius 1 is 1.58 bits per heavy atom. The highest BCUT2D eigenvalue weighted by Crippen LogP contribution is 2.19. The highest BCUT2D eigenvalue weighted by Gasteiger charge is 2.33. The molecular formula is C7H11NO3S. The van der Waals surface area contributed by atoms with E-state index in [2.05, 4.69) is 17.4 Å².